The molecule has 0 aliphatic rings. The first-order chi connectivity index (χ1) is 15.3. The number of nitrogens with one attached hydrogen (secondary N) is 1. The summed E-state index contributed by atoms with van der Waals surface area (Å²) in [5.74, 6) is -0.158. The maximum absolute atomic E-state index is 13.0. The van der Waals surface area contributed by atoms with E-state index in [0.717, 1.165) is 22.5 Å². The molecule has 1 atom stereocenters. The topological polar surface area (TPSA) is 46.9 Å². The van der Waals surface area contributed by atoms with Crippen molar-refractivity contribution in [2.45, 2.75) is 10.8 Å². The molecule has 4 nitrogen and oxygen atoms in total. The van der Waals surface area contributed by atoms with Crippen LogP contribution in [-0.4, -0.2) is 15.7 Å². The Bertz CT molecular complexity index is 1270. The van der Waals surface area contributed by atoms with Crippen LogP contribution in [0.1, 0.15) is 15.2 Å². The number of benzene rings is 3. The molecular weight excluding hydrogens is 580 g/mol. The molecule has 0 saturated carbocycles. The Kier molecular flexibility index (Phi) is 7.10. The van der Waals surface area contributed by atoms with Gasteiger partial charge in [-0.2, -0.15) is 5.10 Å². The molecule has 0 saturated heterocycles. The van der Waals surface area contributed by atoms with Crippen LogP contribution in [-0.2, 0) is 4.79 Å². The van der Waals surface area contributed by atoms with Crippen molar-refractivity contribution in [3.63, 3.8) is 0 Å². The third-order valence-electron chi connectivity index (χ3n) is 4.93. The van der Waals surface area contributed by atoms with Crippen LogP contribution in [0.3, 0.4) is 0 Å². The molecule has 32 heavy (non-hydrogen) atoms. The number of halogens is 4. The first kappa shape index (κ1) is 23.1. The summed E-state index contributed by atoms with van der Waals surface area (Å²) in [4.78, 5) is 13.0. The lowest BCUT2D eigenvalue weighted by molar-refractivity contribution is -0.115. The molecule has 8 heteroatoms. The molecule has 4 rings (SSSR count). The van der Waals surface area contributed by atoms with Crippen LogP contribution in [0.4, 0.5) is 5.69 Å². The number of carbonyl (C=O) groups excluding carboxylic acids is 1. The first-order valence-corrected chi connectivity index (χ1v) is 12.0. The van der Waals surface area contributed by atoms with Gasteiger partial charge in [0.15, 0.2) is 0 Å². The smallest absolute Gasteiger partial charge is 0.243 e. The van der Waals surface area contributed by atoms with E-state index in [-0.39, 0.29) is 5.91 Å². The molecule has 0 aliphatic heterocycles. The van der Waals surface area contributed by atoms with Gasteiger partial charge in [-0.3, -0.25) is 4.79 Å². The van der Waals surface area contributed by atoms with E-state index in [2.05, 4.69) is 27.9 Å². The van der Waals surface area contributed by atoms with Crippen molar-refractivity contribution in [3.8, 4) is 16.9 Å². The highest BCUT2D eigenvalue weighted by Crippen LogP contribution is 2.37. The molecule has 0 bridgehead atoms. The van der Waals surface area contributed by atoms with E-state index in [4.69, 9.17) is 39.9 Å². The number of para-hydroxylation sites is 1. The Morgan fingerprint density at radius 2 is 1.62 bits per heavy atom. The number of hydrogen-bond donors (Lipinski definition) is 1. The molecule has 1 amide bonds. The van der Waals surface area contributed by atoms with Gasteiger partial charge in [0.2, 0.25) is 5.91 Å². The monoisotopic (exact) mass is 595 g/mol. The minimum Gasteiger partial charge on any atom is -0.325 e. The minimum atomic E-state index is -0.522. The van der Waals surface area contributed by atoms with Crippen LogP contribution in [0.5, 0.6) is 0 Å². The number of nitrogens with zero attached hydrogens (tertiary/aromatic N) is 2. The first-order valence-electron chi connectivity index (χ1n) is 9.66. The fraction of sp³-hybridized carbons (Fsp3) is 0.0833. The van der Waals surface area contributed by atoms with Gasteiger partial charge >= 0.3 is 0 Å². The second-order valence-corrected chi connectivity index (χ2v) is 9.62. The van der Waals surface area contributed by atoms with Gasteiger partial charge in [-0.1, -0.05) is 87.7 Å². The van der Waals surface area contributed by atoms with Crippen LogP contribution < -0.4 is 5.32 Å². The van der Waals surface area contributed by atoms with E-state index in [9.17, 15) is 4.79 Å². The zero-order chi connectivity index (χ0) is 22.8. The lowest BCUT2D eigenvalue weighted by Gasteiger charge is -2.11. The zero-order valence-corrected chi connectivity index (χ0v) is 21.2. The Balaban J connectivity index is 1.81. The molecule has 3 aromatic carbocycles. The van der Waals surface area contributed by atoms with Gasteiger partial charge in [-0.05, 0) is 49.4 Å². The fourth-order valence-corrected chi connectivity index (χ4v) is 4.74. The molecular formula is C24H17Cl3IN3O. The van der Waals surface area contributed by atoms with Crippen molar-refractivity contribution in [2.24, 2.45) is 0 Å². The maximum atomic E-state index is 13.0. The number of alkyl halides is 1. The molecule has 1 heterocycles. The summed E-state index contributed by atoms with van der Waals surface area (Å²) in [6.07, 6.45) is 0. The SMILES string of the molecule is Cc1c(C(I)C(=O)Nc2ccccc2)nn(-c2ccc(Cl)cc2Cl)c1-c1ccc(Cl)cc1. The summed E-state index contributed by atoms with van der Waals surface area (Å²) in [7, 11) is 0. The van der Waals surface area contributed by atoms with Gasteiger partial charge in [0.05, 0.1) is 22.1 Å². The summed E-state index contributed by atoms with van der Waals surface area (Å²) in [6, 6.07) is 22.1. The number of hydrogen-bond acceptors (Lipinski definition) is 2. The van der Waals surface area contributed by atoms with Crippen molar-refractivity contribution in [1.82, 2.24) is 9.78 Å². The second kappa shape index (κ2) is 9.83. The van der Waals surface area contributed by atoms with Gasteiger partial charge in [-0.15, -0.1) is 0 Å². The predicted molar refractivity (Wildman–Crippen MR) is 141 cm³/mol. The molecule has 162 valence electrons. The third kappa shape index (κ3) is 4.81. The average molecular weight is 597 g/mol. The molecule has 1 unspecified atom stereocenters. The van der Waals surface area contributed by atoms with Gasteiger partial charge in [0.1, 0.15) is 3.92 Å². The van der Waals surface area contributed by atoms with Crippen molar-refractivity contribution in [3.05, 3.63) is 99.1 Å². The van der Waals surface area contributed by atoms with E-state index in [1.54, 1.807) is 16.8 Å². The Hall–Kier alpha value is -2.06. The summed E-state index contributed by atoms with van der Waals surface area (Å²) in [6.45, 7) is 1.95. The molecule has 1 aromatic heterocycles. The van der Waals surface area contributed by atoms with Crippen LogP contribution in [0.2, 0.25) is 15.1 Å². The number of anilines is 1. The van der Waals surface area contributed by atoms with Gasteiger partial charge < -0.3 is 5.32 Å². The van der Waals surface area contributed by atoms with Crippen LogP contribution in [0, 0.1) is 6.92 Å². The Labute approximate surface area is 214 Å². The van der Waals surface area contributed by atoms with Gasteiger partial charge in [-0.25, -0.2) is 4.68 Å². The fourth-order valence-electron chi connectivity index (χ4n) is 3.38. The molecule has 1 N–H and O–H groups in total. The van der Waals surface area contributed by atoms with Crippen LogP contribution in [0.25, 0.3) is 16.9 Å². The Morgan fingerprint density at radius 1 is 0.969 bits per heavy atom. The minimum absolute atomic E-state index is 0.158. The van der Waals surface area contributed by atoms with E-state index < -0.39 is 3.92 Å². The predicted octanol–water partition coefficient (Wildman–Crippen LogP) is 7.92. The largest absolute Gasteiger partial charge is 0.325 e. The third-order valence-corrected chi connectivity index (χ3v) is 6.87. The van der Waals surface area contributed by atoms with Crippen LogP contribution in [0.15, 0.2) is 72.8 Å². The highest BCUT2D eigenvalue weighted by molar-refractivity contribution is 14.1. The highest BCUT2D eigenvalue weighted by Gasteiger charge is 2.27. The van der Waals surface area contributed by atoms with Gasteiger partial charge in [0, 0.05) is 26.9 Å². The lowest BCUT2D eigenvalue weighted by Crippen LogP contribution is -2.18. The second-order valence-electron chi connectivity index (χ2n) is 7.09. The quantitative estimate of drug-likeness (QED) is 0.188. The number of amides is 1. The highest BCUT2D eigenvalue weighted by atomic mass is 127. The summed E-state index contributed by atoms with van der Waals surface area (Å²) >= 11 is 20.8. The Morgan fingerprint density at radius 3 is 2.28 bits per heavy atom. The van der Waals surface area contributed by atoms with E-state index in [1.807, 2.05) is 67.6 Å². The maximum Gasteiger partial charge on any atom is 0.243 e. The lowest BCUT2D eigenvalue weighted by atomic mass is 10.0. The van der Waals surface area contributed by atoms with Crippen molar-refractivity contribution in [2.75, 3.05) is 5.32 Å². The summed E-state index contributed by atoms with van der Waals surface area (Å²) < 4.78 is 1.24. The molecule has 0 aliphatic carbocycles. The molecule has 0 spiro atoms. The van der Waals surface area contributed by atoms with Crippen molar-refractivity contribution < 1.29 is 4.79 Å². The number of rotatable bonds is 5. The number of carbonyl (C=O) groups is 1. The van der Waals surface area contributed by atoms with Crippen molar-refractivity contribution in [1.29, 1.82) is 0 Å². The molecule has 4 aromatic rings. The van der Waals surface area contributed by atoms with Gasteiger partial charge in [0.25, 0.3) is 0 Å². The van der Waals surface area contributed by atoms with E-state index in [0.29, 0.717) is 26.4 Å². The van der Waals surface area contributed by atoms with E-state index in [1.165, 1.54) is 0 Å². The summed E-state index contributed by atoms with van der Waals surface area (Å²) in [5, 5.41) is 9.39. The van der Waals surface area contributed by atoms with Crippen molar-refractivity contribution >= 4 is 69.0 Å². The normalized spacial score (nSPS) is 11.9. The van der Waals surface area contributed by atoms with Crippen LogP contribution >= 0.6 is 57.4 Å². The molecule has 0 radical (unpaired) electrons. The van der Waals surface area contributed by atoms with E-state index >= 15 is 0 Å². The average Bonchev–Trinajstić information content (AvgIpc) is 3.11. The standard InChI is InChI=1S/C24H17Cl3IN3O/c1-14-22(21(28)24(32)29-18-5-3-2-4-6-18)30-31(20-12-11-17(26)13-19(20)27)23(14)15-7-9-16(25)10-8-15/h2-13,21H,1H3,(H,29,32). The molecule has 0 fully saturated rings. The zero-order valence-electron chi connectivity index (χ0n) is 16.8. The summed E-state index contributed by atoms with van der Waals surface area (Å²) in [5.41, 5.74) is 4.66. The number of aromatic nitrogens is 2.